The van der Waals surface area contributed by atoms with Gasteiger partial charge in [0.05, 0.1) is 17.3 Å². The number of nitrogens with two attached hydrogens (primary N) is 1. The maximum Gasteiger partial charge on any atom is 1.00 e. The molecule has 0 saturated heterocycles. The number of aromatic hydroxyl groups is 2. The molecule has 1 radical (unpaired) electrons. The van der Waals surface area contributed by atoms with Crippen molar-refractivity contribution in [2.75, 3.05) is 18.1 Å². The molecule has 0 saturated carbocycles. The van der Waals surface area contributed by atoms with Crippen LogP contribution in [0.4, 0.5) is 17.1 Å². The zero-order valence-electron chi connectivity index (χ0n) is 19.6. The summed E-state index contributed by atoms with van der Waals surface area (Å²) in [7, 11) is -14.0. The fraction of sp³-hybridized carbons (Fsp3) is 0.111. The number of anilines is 1. The second kappa shape index (κ2) is 10.7. The van der Waals surface area contributed by atoms with Crippen LogP contribution in [0.3, 0.4) is 0 Å². The number of sulfone groups is 1. The third kappa shape index (κ3) is 6.89. The first-order valence-corrected chi connectivity index (χ1v) is 13.7. The van der Waals surface area contributed by atoms with E-state index in [1.165, 1.54) is 18.2 Å². The van der Waals surface area contributed by atoms with E-state index in [4.69, 9.17) is 10.3 Å². The summed E-state index contributed by atoms with van der Waals surface area (Å²) in [6.07, 6.45) is 0. The predicted molar refractivity (Wildman–Crippen MR) is 124 cm³/mol. The molecule has 36 heavy (non-hydrogen) atoms. The van der Waals surface area contributed by atoms with E-state index in [2.05, 4.69) is 14.4 Å². The summed E-state index contributed by atoms with van der Waals surface area (Å²) in [5.74, 6) is -2.14. The van der Waals surface area contributed by atoms with Crippen LogP contribution in [0.2, 0.25) is 0 Å². The van der Waals surface area contributed by atoms with E-state index in [-0.39, 0.29) is 36.4 Å². The van der Waals surface area contributed by atoms with Crippen LogP contribution in [0.15, 0.2) is 62.5 Å². The molecule has 0 unspecified atom stereocenters. The Balaban J connectivity index is 0.00000456. The number of rotatable bonds is 8. The van der Waals surface area contributed by atoms with E-state index in [0.29, 0.717) is 0 Å². The van der Waals surface area contributed by atoms with Crippen LogP contribution in [-0.2, 0) is 51.6 Å². The molecule has 0 spiro atoms. The van der Waals surface area contributed by atoms with E-state index in [9.17, 15) is 40.0 Å². The van der Waals surface area contributed by atoms with Gasteiger partial charge in [-0.15, -0.1) is 10.2 Å². The molecule has 3 aromatic rings. The van der Waals surface area contributed by atoms with Crippen LogP contribution < -0.4 is 5.73 Å². The molecule has 0 bridgehead atoms. The van der Waals surface area contributed by atoms with E-state index >= 15 is 0 Å². The van der Waals surface area contributed by atoms with Gasteiger partial charge in [-0.05, 0) is 47.9 Å². The van der Waals surface area contributed by atoms with Gasteiger partial charge in [0.1, 0.15) is 22.0 Å². The van der Waals surface area contributed by atoms with Gasteiger partial charge in [0.15, 0.2) is 15.6 Å². The summed E-state index contributed by atoms with van der Waals surface area (Å²) >= 11 is 0. The molecule has 14 nitrogen and oxygen atoms in total. The minimum Gasteiger partial charge on any atom is -0.506 e. The molecule has 0 aliphatic heterocycles. The SMILES string of the molecule is Nc1ccc2c(O)c(N=Nc3cc(S(=O)(=O)CCOS(=O)(=O)O)ccc3O)c(S(=O)(=O)O)cc2c1.[Cu].[H+].[H+]. The molecular weight excluding hydrogens is 594 g/mol. The standard InChI is InChI=1S/C18H17N3O11S3.Cu/c19-11-1-3-13-10(7-11)8-16(34(26,27)28)17(18(13)23)21-20-14-9-12(2-4-15(14)22)33(24,25)6-5-32-35(29,30)31;/h1-4,7-9,22-23H,5-6,19H2,(H,26,27,28)(H,29,30,31);/p+2. The molecule has 199 valence electrons. The summed E-state index contributed by atoms with van der Waals surface area (Å²) in [5.41, 5.74) is 4.74. The van der Waals surface area contributed by atoms with Crippen molar-refractivity contribution in [1.29, 1.82) is 0 Å². The van der Waals surface area contributed by atoms with Gasteiger partial charge >= 0.3 is 13.3 Å². The summed E-state index contributed by atoms with van der Waals surface area (Å²) in [6.45, 7) is -0.897. The topological polar surface area (TPSA) is 243 Å². The Labute approximate surface area is 218 Å². The molecule has 0 heterocycles. The Hall–Kier alpha value is -2.83. The van der Waals surface area contributed by atoms with E-state index in [1.54, 1.807) is 0 Å². The van der Waals surface area contributed by atoms with Gasteiger partial charge in [-0.25, -0.2) is 12.6 Å². The number of benzene rings is 3. The summed E-state index contributed by atoms with van der Waals surface area (Å²) in [5, 5.41) is 28.1. The van der Waals surface area contributed by atoms with Crippen molar-refractivity contribution in [2.45, 2.75) is 9.79 Å². The number of phenols is 2. The average Bonchev–Trinajstić information content (AvgIpc) is 2.71. The van der Waals surface area contributed by atoms with Gasteiger partial charge in [-0.2, -0.15) is 16.8 Å². The van der Waals surface area contributed by atoms with Crippen LogP contribution in [0.25, 0.3) is 10.8 Å². The van der Waals surface area contributed by atoms with Crippen molar-refractivity contribution in [3.63, 3.8) is 0 Å². The van der Waals surface area contributed by atoms with Gasteiger partial charge < -0.3 is 15.9 Å². The maximum absolute atomic E-state index is 12.4. The Morgan fingerprint density at radius 3 is 2.19 bits per heavy atom. The Morgan fingerprint density at radius 2 is 1.58 bits per heavy atom. The maximum atomic E-state index is 12.4. The van der Waals surface area contributed by atoms with Crippen LogP contribution in [0.5, 0.6) is 11.5 Å². The Morgan fingerprint density at radius 1 is 0.917 bits per heavy atom. The molecule has 0 atom stereocenters. The molecule has 18 heteroatoms. The zero-order chi connectivity index (χ0) is 26.2. The predicted octanol–water partition coefficient (Wildman–Crippen LogP) is 2.31. The third-order valence-electron chi connectivity index (χ3n) is 4.50. The van der Waals surface area contributed by atoms with Crippen molar-refractivity contribution in [1.82, 2.24) is 0 Å². The molecule has 0 aliphatic rings. The third-order valence-corrected chi connectivity index (χ3v) is 7.51. The molecule has 3 rings (SSSR count). The van der Waals surface area contributed by atoms with Crippen molar-refractivity contribution < 1.29 is 68.7 Å². The number of nitrogen functional groups attached to an aromatic ring is 1. The number of phenolic OH excluding ortho intramolecular Hbond substituents is 2. The molecule has 0 amide bonds. The Kier molecular flexibility index (Phi) is 8.70. The summed E-state index contributed by atoms with van der Waals surface area (Å²) < 4.78 is 91.8. The fourth-order valence-corrected chi connectivity index (χ4v) is 5.07. The smallest absolute Gasteiger partial charge is 0.506 e. The van der Waals surface area contributed by atoms with Crippen molar-refractivity contribution >= 4 is 58.2 Å². The second-order valence-corrected chi connectivity index (χ2v) is 11.5. The van der Waals surface area contributed by atoms with Gasteiger partial charge in [-0.1, -0.05) is 0 Å². The first-order valence-electron chi connectivity index (χ1n) is 9.20. The van der Waals surface area contributed by atoms with E-state index in [1.807, 2.05) is 0 Å². The molecular formula is C18H19CuN3O11S3+2. The van der Waals surface area contributed by atoms with Crippen LogP contribution >= 0.6 is 0 Å². The van der Waals surface area contributed by atoms with Gasteiger partial charge in [0.25, 0.3) is 10.1 Å². The monoisotopic (exact) mass is 612 g/mol. The van der Waals surface area contributed by atoms with Crippen molar-refractivity contribution in [2.24, 2.45) is 10.2 Å². The normalized spacial score (nSPS) is 12.6. The van der Waals surface area contributed by atoms with Crippen LogP contribution in [0.1, 0.15) is 2.85 Å². The number of hydrogen-bond donors (Lipinski definition) is 5. The Bertz CT molecular complexity index is 1680. The molecule has 0 fully saturated rings. The largest absolute Gasteiger partial charge is 1.00 e. The molecule has 3 aromatic carbocycles. The number of azo groups is 1. The van der Waals surface area contributed by atoms with Crippen molar-refractivity contribution in [3.8, 4) is 11.5 Å². The molecule has 0 aliphatic carbocycles. The van der Waals surface area contributed by atoms with Crippen LogP contribution in [-0.4, -0.2) is 56.9 Å². The molecule has 6 N–H and O–H groups in total. The molecule has 0 aromatic heterocycles. The quantitative estimate of drug-likeness (QED) is 0.106. The van der Waals surface area contributed by atoms with E-state index in [0.717, 1.165) is 24.3 Å². The minimum absolute atomic E-state index is 0. The average molecular weight is 613 g/mol. The fourth-order valence-electron chi connectivity index (χ4n) is 2.91. The van der Waals surface area contributed by atoms with Gasteiger partial charge in [0, 0.05) is 28.1 Å². The van der Waals surface area contributed by atoms with Crippen molar-refractivity contribution in [3.05, 3.63) is 42.5 Å². The number of fused-ring (bicyclic) bond motifs is 1. The number of nitrogens with zero attached hydrogens (tertiary/aromatic N) is 2. The van der Waals surface area contributed by atoms with E-state index < -0.39 is 75.4 Å². The first kappa shape index (κ1) is 29.4. The summed E-state index contributed by atoms with van der Waals surface area (Å²) in [4.78, 5) is -1.28. The zero-order valence-corrected chi connectivity index (χ0v) is 21.0. The first-order chi connectivity index (χ1) is 16.1. The minimum atomic E-state index is -4.92. The van der Waals surface area contributed by atoms with Gasteiger partial charge in [-0.3, -0.25) is 9.11 Å². The second-order valence-electron chi connectivity index (χ2n) is 6.95. The number of hydrogen-bond acceptors (Lipinski definition) is 12. The van der Waals surface area contributed by atoms with Gasteiger partial charge in [0.2, 0.25) is 0 Å². The van der Waals surface area contributed by atoms with Crippen LogP contribution in [0, 0.1) is 0 Å². The summed E-state index contributed by atoms with van der Waals surface area (Å²) in [6, 6.07) is 7.86.